The quantitative estimate of drug-likeness (QED) is 0.632. The number of nitrogens with zero attached hydrogens (tertiary/aromatic N) is 1. The van der Waals surface area contributed by atoms with Crippen LogP contribution in [0.4, 0.5) is 0 Å². The molecule has 0 aliphatic carbocycles. The molecule has 0 radical (unpaired) electrons. The molecule has 13 heavy (non-hydrogen) atoms. The number of rotatable bonds is 6. The second kappa shape index (κ2) is 5.94. The molecule has 2 atom stereocenters. The Hall–Kier alpha value is -0.610. The van der Waals surface area contributed by atoms with Gasteiger partial charge in [-0.05, 0) is 13.0 Å². The van der Waals surface area contributed by atoms with Gasteiger partial charge in [-0.25, -0.2) is 0 Å². The predicted octanol–water partition coefficient (Wildman–Crippen LogP) is 0.376. The summed E-state index contributed by atoms with van der Waals surface area (Å²) in [5, 5.41) is 8.81. The van der Waals surface area contributed by atoms with E-state index in [9.17, 15) is 4.79 Å². The van der Waals surface area contributed by atoms with Crippen LogP contribution in [0.25, 0.3) is 0 Å². The molecule has 4 heteroatoms. The standard InChI is InChI=1S/C9H20N2O2/c1-4-7(2)6-11(3)8(5-10)9(12)13/h7-8H,4-6,10H2,1-3H3,(H,12,13). The first-order valence-electron chi connectivity index (χ1n) is 4.66. The van der Waals surface area contributed by atoms with Crippen molar-refractivity contribution in [2.75, 3.05) is 20.1 Å². The smallest absolute Gasteiger partial charge is 0.322 e. The molecular formula is C9H20N2O2. The normalized spacial score (nSPS) is 15.8. The molecule has 0 fully saturated rings. The zero-order valence-electron chi connectivity index (χ0n) is 8.66. The van der Waals surface area contributed by atoms with Gasteiger partial charge in [0.2, 0.25) is 0 Å². The molecule has 0 aromatic carbocycles. The summed E-state index contributed by atoms with van der Waals surface area (Å²) in [5.41, 5.74) is 5.37. The summed E-state index contributed by atoms with van der Waals surface area (Å²) in [5.74, 6) is -0.327. The van der Waals surface area contributed by atoms with E-state index in [1.54, 1.807) is 11.9 Å². The van der Waals surface area contributed by atoms with E-state index in [-0.39, 0.29) is 6.54 Å². The predicted molar refractivity (Wildman–Crippen MR) is 52.6 cm³/mol. The highest BCUT2D eigenvalue weighted by Crippen LogP contribution is 2.05. The Labute approximate surface area is 79.7 Å². The van der Waals surface area contributed by atoms with Crippen molar-refractivity contribution in [1.82, 2.24) is 4.90 Å². The minimum absolute atomic E-state index is 0.169. The van der Waals surface area contributed by atoms with Crippen LogP contribution in [-0.2, 0) is 4.79 Å². The van der Waals surface area contributed by atoms with Gasteiger partial charge in [-0.3, -0.25) is 9.69 Å². The van der Waals surface area contributed by atoms with Gasteiger partial charge in [-0.15, -0.1) is 0 Å². The number of hydrogen-bond donors (Lipinski definition) is 2. The highest BCUT2D eigenvalue weighted by molar-refractivity contribution is 5.73. The highest BCUT2D eigenvalue weighted by Gasteiger charge is 2.21. The van der Waals surface area contributed by atoms with Crippen LogP contribution < -0.4 is 5.73 Å². The Morgan fingerprint density at radius 1 is 1.62 bits per heavy atom. The average Bonchev–Trinajstić information content (AvgIpc) is 2.04. The monoisotopic (exact) mass is 188 g/mol. The second-order valence-electron chi connectivity index (χ2n) is 3.54. The fraction of sp³-hybridized carbons (Fsp3) is 0.889. The highest BCUT2D eigenvalue weighted by atomic mass is 16.4. The van der Waals surface area contributed by atoms with E-state index in [0.717, 1.165) is 13.0 Å². The Morgan fingerprint density at radius 2 is 2.15 bits per heavy atom. The Kier molecular flexibility index (Phi) is 5.66. The molecule has 0 aliphatic rings. The van der Waals surface area contributed by atoms with E-state index in [2.05, 4.69) is 13.8 Å². The van der Waals surface area contributed by atoms with Crippen molar-refractivity contribution in [3.63, 3.8) is 0 Å². The molecule has 0 rings (SSSR count). The molecule has 0 heterocycles. The third-order valence-corrected chi connectivity index (χ3v) is 2.34. The minimum atomic E-state index is -0.840. The van der Waals surface area contributed by atoms with Gasteiger partial charge in [0.05, 0.1) is 0 Å². The number of carbonyl (C=O) groups is 1. The molecule has 0 bridgehead atoms. The Balaban J connectivity index is 4.05. The molecule has 78 valence electrons. The third kappa shape index (κ3) is 4.24. The summed E-state index contributed by atoms with van der Waals surface area (Å²) in [6.07, 6.45) is 1.06. The molecular weight excluding hydrogens is 168 g/mol. The topological polar surface area (TPSA) is 66.6 Å². The van der Waals surface area contributed by atoms with E-state index in [0.29, 0.717) is 5.92 Å². The van der Waals surface area contributed by atoms with Gasteiger partial charge in [0, 0.05) is 13.1 Å². The summed E-state index contributed by atoms with van der Waals surface area (Å²) in [6.45, 7) is 5.15. The van der Waals surface area contributed by atoms with Crippen LogP contribution in [0, 0.1) is 5.92 Å². The Bertz CT molecular complexity index is 162. The van der Waals surface area contributed by atoms with Crippen molar-refractivity contribution in [3.8, 4) is 0 Å². The van der Waals surface area contributed by atoms with E-state index in [4.69, 9.17) is 10.8 Å². The summed E-state index contributed by atoms with van der Waals surface area (Å²) in [7, 11) is 1.80. The number of nitrogens with two attached hydrogens (primary N) is 1. The van der Waals surface area contributed by atoms with Crippen molar-refractivity contribution in [1.29, 1.82) is 0 Å². The SMILES string of the molecule is CCC(C)CN(C)C(CN)C(=O)O. The summed E-state index contributed by atoms with van der Waals surface area (Å²) in [4.78, 5) is 12.5. The zero-order chi connectivity index (χ0) is 10.4. The molecule has 0 aromatic rings. The van der Waals surface area contributed by atoms with Crippen molar-refractivity contribution < 1.29 is 9.90 Å². The summed E-state index contributed by atoms with van der Waals surface area (Å²) < 4.78 is 0. The molecule has 4 nitrogen and oxygen atoms in total. The molecule has 0 amide bonds. The maximum Gasteiger partial charge on any atom is 0.322 e. The molecule has 0 saturated heterocycles. The van der Waals surface area contributed by atoms with E-state index >= 15 is 0 Å². The first-order chi connectivity index (χ1) is 6.02. The molecule has 0 aromatic heterocycles. The van der Waals surface area contributed by atoms with Crippen LogP contribution >= 0.6 is 0 Å². The van der Waals surface area contributed by atoms with E-state index < -0.39 is 12.0 Å². The van der Waals surface area contributed by atoms with Gasteiger partial charge in [0.25, 0.3) is 0 Å². The fourth-order valence-corrected chi connectivity index (χ4v) is 1.22. The lowest BCUT2D eigenvalue weighted by Gasteiger charge is -2.25. The molecule has 0 aliphatic heterocycles. The lowest BCUT2D eigenvalue weighted by atomic mass is 10.1. The number of hydrogen-bond acceptors (Lipinski definition) is 3. The van der Waals surface area contributed by atoms with Crippen LogP contribution in [0.1, 0.15) is 20.3 Å². The van der Waals surface area contributed by atoms with Crippen LogP contribution in [-0.4, -0.2) is 42.2 Å². The first kappa shape index (κ1) is 12.4. The number of likely N-dealkylation sites (N-methyl/N-ethyl adjacent to an activating group) is 1. The van der Waals surface area contributed by atoms with Gasteiger partial charge in [-0.2, -0.15) is 0 Å². The molecule has 0 spiro atoms. The maximum atomic E-state index is 10.7. The molecule has 2 unspecified atom stereocenters. The summed E-state index contributed by atoms with van der Waals surface area (Å²) in [6, 6.07) is -0.547. The average molecular weight is 188 g/mol. The van der Waals surface area contributed by atoms with Gasteiger partial charge in [0.15, 0.2) is 0 Å². The van der Waals surface area contributed by atoms with Gasteiger partial charge in [-0.1, -0.05) is 20.3 Å². The Morgan fingerprint density at radius 3 is 2.46 bits per heavy atom. The van der Waals surface area contributed by atoms with Gasteiger partial charge >= 0.3 is 5.97 Å². The third-order valence-electron chi connectivity index (χ3n) is 2.34. The van der Waals surface area contributed by atoms with Crippen molar-refractivity contribution in [3.05, 3.63) is 0 Å². The largest absolute Gasteiger partial charge is 0.480 e. The lowest BCUT2D eigenvalue weighted by molar-refractivity contribution is -0.142. The van der Waals surface area contributed by atoms with Crippen LogP contribution in [0.15, 0.2) is 0 Å². The zero-order valence-corrected chi connectivity index (χ0v) is 8.66. The maximum absolute atomic E-state index is 10.7. The first-order valence-corrected chi connectivity index (χ1v) is 4.66. The van der Waals surface area contributed by atoms with Crippen molar-refractivity contribution in [2.24, 2.45) is 11.7 Å². The minimum Gasteiger partial charge on any atom is -0.480 e. The molecule has 0 saturated carbocycles. The lowest BCUT2D eigenvalue weighted by Crippen LogP contribution is -2.45. The number of carboxylic acid groups (broad SMARTS) is 1. The van der Waals surface area contributed by atoms with Crippen molar-refractivity contribution >= 4 is 5.97 Å². The van der Waals surface area contributed by atoms with Gasteiger partial charge in [0.1, 0.15) is 6.04 Å². The van der Waals surface area contributed by atoms with Crippen molar-refractivity contribution in [2.45, 2.75) is 26.3 Å². The van der Waals surface area contributed by atoms with Crippen LogP contribution in [0.2, 0.25) is 0 Å². The fourth-order valence-electron chi connectivity index (χ4n) is 1.22. The summed E-state index contributed by atoms with van der Waals surface area (Å²) >= 11 is 0. The van der Waals surface area contributed by atoms with E-state index in [1.807, 2.05) is 0 Å². The van der Waals surface area contributed by atoms with Crippen LogP contribution in [0.3, 0.4) is 0 Å². The van der Waals surface area contributed by atoms with Gasteiger partial charge < -0.3 is 10.8 Å². The number of carboxylic acids is 1. The number of aliphatic carboxylic acids is 1. The molecule has 3 N–H and O–H groups in total. The van der Waals surface area contributed by atoms with E-state index in [1.165, 1.54) is 0 Å². The van der Waals surface area contributed by atoms with Crippen LogP contribution in [0.5, 0.6) is 0 Å². The second-order valence-corrected chi connectivity index (χ2v) is 3.54.